The lowest BCUT2D eigenvalue weighted by molar-refractivity contribution is -0.0102. The van der Waals surface area contributed by atoms with E-state index in [0.29, 0.717) is 23.4 Å². The third-order valence-electron chi connectivity index (χ3n) is 5.80. The van der Waals surface area contributed by atoms with Crippen LogP contribution < -0.4 is 15.4 Å². The molecule has 0 unspecified atom stereocenters. The van der Waals surface area contributed by atoms with Crippen LogP contribution in [0.2, 0.25) is 0 Å². The van der Waals surface area contributed by atoms with Crippen LogP contribution in [0.15, 0.2) is 53.4 Å². The molecule has 2 aromatic carbocycles. The number of benzene rings is 2. The molecule has 1 fully saturated rings. The summed E-state index contributed by atoms with van der Waals surface area (Å²) < 4.78 is 51.3. The van der Waals surface area contributed by atoms with Crippen molar-refractivity contribution < 1.29 is 22.0 Å². The molecule has 4 rings (SSSR count). The van der Waals surface area contributed by atoms with Crippen molar-refractivity contribution in [2.24, 2.45) is 5.14 Å². The number of halogens is 2. The van der Waals surface area contributed by atoms with Gasteiger partial charge in [-0.05, 0) is 43.2 Å². The van der Waals surface area contributed by atoms with Gasteiger partial charge in [0.1, 0.15) is 5.82 Å². The number of primary sulfonamides is 1. The van der Waals surface area contributed by atoms with E-state index in [1.165, 1.54) is 18.2 Å². The smallest absolute Gasteiger partial charge is 0.259 e. The maximum atomic E-state index is 14.0. The number of aromatic nitrogens is 1. The van der Waals surface area contributed by atoms with Crippen LogP contribution in [0, 0.1) is 6.92 Å². The predicted molar refractivity (Wildman–Crippen MR) is 123 cm³/mol. The van der Waals surface area contributed by atoms with Crippen LogP contribution >= 0.6 is 0 Å². The number of carbonyl (C=O) groups excluding carboxylic acids is 1. The second kappa shape index (κ2) is 8.68. The maximum Gasteiger partial charge on any atom is 0.259 e. The molecule has 1 aliphatic heterocycles. The minimum Gasteiger partial charge on any atom is -0.356 e. The van der Waals surface area contributed by atoms with Crippen LogP contribution in [0.3, 0.4) is 0 Å². The number of fused-ring (bicyclic) bond motifs is 1. The average Bonchev–Trinajstić information content (AvgIpc) is 2.93. The van der Waals surface area contributed by atoms with Crippen molar-refractivity contribution in [3.05, 3.63) is 59.7 Å². The van der Waals surface area contributed by atoms with Gasteiger partial charge in [-0.3, -0.25) is 4.79 Å². The summed E-state index contributed by atoms with van der Waals surface area (Å²) >= 11 is 0. The first kappa shape index (κ1) is 23.1. The lowest BCUT2D eigenvalue weighted by atomic mass is 10.0. The highest BCUT2D eigenvalue weighted by atomic mass is 32.2. The van der Waals surface area contributed by atoms with Crippen LogP contribution in [-0.2, 0) is 10.0 Å². The number of rotatable bonds is 4. The summed E-state index contributed by atoms with van der Waals surface area (Å²) in [6.07, 6.45) is -0.256. The molecule has 1 saturated heterocycles. The Balaban J connectivity index is 1.78. The first-order chi connectivity index (χ1) is 15.5. The van der Waals surface area contributed by atoms with Gasteiger partial charge in [0.25, 0.3) is 5.91 Å². The molecule has 1 aromatic heterocycles. The van der Waals surface area contributed by atoms with E-state index in [4.69, 9.17) is 5.14 Å². The summed E-state index contributed by atoms with van der Waals surface area (Å²) in [4.78, 5) is 19.7. The normalized spacial score (nSPS) is 16.4. The van der Waals surface area contributed by atoms with E-state index in [9.17, 15) is 22.0 Å². The molecular formula is C23H24F2N4O3S. The van der Waals surface area contributed by atoms with Crippen LogP contribution in [0.1, 0.15) is 35.2 Å². The number of carbonyl (C=O) groups is 1. The Labute approximate surface area is 190 Å². The number of sulfonamides is 1. The molecule has 0 bridgehead atoms. The lowest BCUT2D eigenvalue weighted by Gasteiger charge is -2.26. The molecule has 0 aliphatic carbocycles. The number of nitrogens with one attached hydrogen (secondary N) is 1. The fourth-order valence-corrected chi connectivity index (χ4v) is 4.64. The molecule has 0 atom stereocenters. The minimum absolute atomic E-state index is 0.0684. The number of para-hydroxylation sites is 1. The van der Waals surface area contributed by atoms with Gasteiger partial charge in [-0.1, -0.05) is 24.3 Å². The molecule has 0 radical (unpaired) electrons. The van der Waals surface area contributed by atoms with E-state index in [2.05, 4.69) is 10.3 Å². The minimum atomic E-state index is -3.95. The molecule has 0 spiro atoms. The zero-order valence-corrected chi connectivity index (χ0v) is 18.8. The van der Waals surface area contributed by atoms with Crippen molar-refractivity contribution in [1.29, 1.82) is 0 Å². The number of hydrogen-bond donors (Lipinski definition) is 2. The Morgan fingerprint density at radius 3 is 2.64 bits per heavy atom. The number of amides is 1. The monoisotopic (exact) mass is 474 g/mol. The van der Waals surface area contributed by atoms with E-state index in [1.807, 2.05) is 24.3 Å². The largest absolute Gasteiger partial charge is 0.356 e. The van der Waals surface area contributed by atoms with Crippen LogP contribution in [0.4, 0.5) is 20.3 Å². The number of alkyl halides is 2. The topological polar surface area (TPSA) is 105 Å². The average molecular weight is 475 g/mol. The third-order valence-corrected chi connectivity index (χ3v) is 6.71. The van der Waals surface area contributed by atoms with Crippen molar-refractivity contribution in [2.45, 2.75) is 37.0 Å². The summed E-state index contributed by atoms with van der Waals surface area (Å²) in [5, 5.41) is 8.68. The lowest BCUT2D eigenvalue weighted by Crippen LogP contribution is -2.30. The molecule has 1 aliphatic rings. The highest BCUT2D eigenvalue weighted by Gasteiger charge is 2.33. The van der Waals surface area contributed by atoms with Gasteiger partial charge in [0.2, 0.25) is 15.9 Å². The third kappa shape index (κ3) is 4.96. The van der Waals surface area contributed by atoms with Gasteiger partial charge in [0.05, 0.1) is 16.0 Å². The maximum absolute atomic E-state index is 14.0. The summed E-state index contributed by atoms with van der Waals surface area (Å²) in [5.41, 5.74) is 1.83. The fourth-order valence-electron chi connectivity index (χ4n) is 4.08. The number of anilines is 2. The number of nitrogens with two attached hydrogens (primary N) is 1. The van der Waals surface area contributed by atoms with Crippen LogP contribution in [-0.4, -0.2) is 38.3 Å². The first-order valence-electron chi connectivity index (χ1n) is 10.5. The van der Waals surface area contributed by atoms with E-state index in [1.54, 1.807) is 17.9 Å². The SMILES string of the molecule is Cc1c(C(=O)Nc2cccc(S(N)(=O)=O)c2)c(N2CCCC(F)(F)CC2)nc2ccccc12. The number of aryl methyl sites for hydroxylation is 1. The second-order valence-electron chi connectivity index (χ2n) is 8.18. The van der Waals surface area contributed by atoms with Crippen LogP contribution in [0.25, 0.3) is 10.9 Å². The van der Waals surface area contributed by atoms with Crippen molar-refractivity contribution in [3.63, 3.8) is 0 Å². The number of hydrogen-bond acceptors (Lipinski definition) is 5. The molecule has 1 amide bonds. The molecular weight excluding hydrogens is 450 g/mol. The first-order valence-corrected chi connectivity index (χ1v) is 12.1. The van der Waals surface area contributed by atoms with Crippen molar-refractivity contribution in [1.82, 2.24) is 4.98 Å². The van der Waals surface area contributed by atoms with Gasteiger partial charge < -0.3 is 10.2 Å². The van der Waals surface area contributed by atoms with Gasteiger partial charge in [0.15, 0.2) is 0 Å². The summed E-state index contributed by atoms with van der Waals surface area (Å²) in [6.45, 7) is 2.20. The van der Waals surface area contributed by atoms with Crippen LogP contribution in [0.5, 0.6) is 0 Å². The Morgan fingerprint density at radius 1 is 1.12 bits per heavy atom. The summed E-state index contributed by atoms with van der Waals surface area (Å²) in [7, 11) is -3.95. The van der Waals surface area contributed by atoms with E-state index < -0.39 is 21.9 Å². The quantitative estimate of drug-likeness (QED) is 0.593. The van der Waals surface area contributed by atoms with Crippen molar-refractivity contribution >= 4 is 38.3 Å². The van der Waals surface area contributed by atoms with Gasteiger partial charge in [-0.2, -0.15) is 0 Å². The van der Waals surface area contributed by atoms with Gasteiger partial charge in [0, 0.05) is 37.0 Å². The molecule has 3 N–H and O–H groups in total. The fraction of sp³-hybridized carbons (Fsp3) is 0.304. The van der Waals surface area contributed by atoms with Gasteiger partial charge in [-0.15, -0.1) is 0 Å². The Bertz CT molecular complexity index is 1330. The summed E-state index contributed by atoms with van der Waals surface area (Å²) in [5.74, 6) is -2.93. The van der Waals surface area contributed by atoms with Gasteiger partial charge in [-0.25, -0.2) is 27.3 Å². The Kier molecular flexibility index (Phi) is 6.06. The zero-order valence-electron chi connectivity index (χ0n) is 18.0. The molecule has 174 valence electrons. The Hall–Kier alpha value is -3.11. The molecule has 2 heterocycles. The highest BCUT2D eigenvalue weighted by molar-refractivity contribution is 7.89. The molecule has 10 heteroatoms. The standard InChI is InChI=1S/C23H24F2N4O3S/c1-15-18-8-2-3-9-19(18)28-21(29-12-5-10-23(24,25)11-13-29)20(15)22(30)27-16-6-4-7-17(14-16)33(26,31)32/h2-4,6-9,14H,5,10-13H2,1H3,(H,27,30)(H2,26,31,32). The number of pyridine rings is 1. The number of nitrogens with zero attached hydrogens (tertiary/aromatic N) is 2. The molecule has 33 heavy (non-hydrogen) atoms. The predicted octanol–water partition coefficient (Wildman–Crippen LogP) is 4.07. The van der Waals surface area contributed by atoms with E-state index in [-0.39, 0.29) is 42.0 Å². The highest BCUT2D eigenvalue weighted by Crippen LogP contribution is 2.34. The van der Waals surface area contributed by atoms with Crippen molar-refractivity contribution in [2.75, 3.05) is 23.3 Å². The zero-order chi connectivity index (χ0) is 23.8. The Morgan fingerprint density at radius 2 is 1.88 bits per heavy atom. The molecule has 3 aromatic rings. The molecule has 0 saturated carbocycles. The second-order valence-corrected chi connectivity index (χ2v) is 9.74. The summed E-state index contributed by atoms with van der Waals surface area (Å²) in [6, 6.07) is 12.9. The van der Waals surface area contributed by atoms with E-state index >= 15 is 0 Å². The van der Waals surface area contributed by atoms with Crippen molar-refractivity contribution in [3.8, 4) is 0 Å². The van der Waals surface area contributed by atoms with Gasteiger partial charge >= 0.3 is 0 Å². The van der Waals surface area contributed by atoms with E-state index in [0.717, 1.165) is 5.39 Å². The molecule has 7 nitrogen and oxygen atoms in total.